The van der Waals surface area contributed by atoms with E-state index in [9.17, 15) is 8.42 Å². The molecule has 0 radical (unpaired) electrons. The van der Waals surface area contributed by atoms with Crippen LogP contribution in [-0.4, -0.2) is 25.0 Å². The molecule has 0 aromatic carbocycles. The van der Waals surface area contributed by atoms with Gasteiger partial charge in [-0.2, -0.15) is 8.42 Å². The van der Waals surface area contributed by atoms with Gasteiger partial charge in [-0.1, -0.05) is 0 Å². The second-order valence-electron chi connectivity index (χ2n) is 1.53. The van der Waals surface area contributed by atoms with Crippen LogP contribution in [0.4, 0.5) is 0 Å². The van der Waals surface area contributed by atoms with Crippen molar-refractivity contribution in [2.75, 3.05) is 0 Å². The van der Waals surface area contributed by atoms with Crippen LogP contribution >= 0.6 is 0 Å². The molecule has 0 amide bonds. The third-order valence-electron chi connectivity index (χ3n) is 0.897. The summed E-state index contributed by atoms with van der Waals surface area (Å²) in [6.45, 7) is 0. The molecule has 0 fully saturated rings. The maximum absolute atomic E-state index is 10.3. The lowest BCUT2D eigenvalue weighted by Gasteiger charge is -1.86. The second-order valence-corrected chi connectivity index (χ2v) is 2.41. The average Bonchev–Trinajstić information content (AvgIpc) is 2.11. The van der Waals surface area contributed by atoms with Crippen LogP contribution < -0.4 is 11.5 Å². The first-order valence-electron chi connectivity index (χ1n) is 2.26. The van der Waals surface area contributed by atoms with E-state index in [2.05, 4.69) is 10.2 Å². The van der Waals surface area contributed by atoms with E-state index in [4.69, 9.17) is 11.5 Å². The van der Waals surface area contributed by atoms with E-state index in [-0.39, 0.29) is 16.5 Å². The zero-order valence-electron chi connectivity index (χ0n) is 4.77. The molecule has 4 N–H and O–H groups in total. The smallest absolute Gasteiger partial charge is 0.229 e. The molecule has 6 nitrogen and oxygen atoms in total. The van der Waals surface area contributed by atoms with Crippen molar-refractivity contribution < 1.29 is 8.42 Å². The Hall–Kier alpha value is -1.37. The molecule has 0 aromatic rings. The Balaban J connectivity index is 3.37. The summed E-state index contributed by atoms with van der Waals surface area (Å²) in [5.41, 5.74) is 10.2. The molecule has 1 aliphatic heterocycles. The van der Waals surface area contributed by atoms with Crippen LogP contribution in [0.3, 0.4) is 0 Å². The fraction of sp³-hybridized carbons (Fsp3) is 0. The molecule has 1 rings (SSSR count). The van der Waals surface area contributed by atoms with Gasteiger partial charge in [0.05, 0.1) is 0 Å². The Labute approximate surface area is 57.8 Å². The summed E-state index contributed by atoms with van der Waals surface area (Å²) >= 11 is 0. The molecule has 7 heteroatoms. The highest BCUT2D eigenvalue weighted by Crippen LogP contribution is 1.89. The quantitative estimate of drug-likeness (QED) is 0.387. The standard InChI is InChI=1S/C3H4N4O2S/c4-2-1(10(8)9)3(5)7-6-2/h(H2,4,6)(H2,5,7). The van der Waals surface area contributed by atoms with Gasteiger partial charge in [0.1, 0.15) is 0 Å². The number of nitrogens with two attached hydrogens (primary N) is 2. The van der Waals surface area contributed by atoms with E-state index in [0.29, 0.717) is 0 Å². The Kier molecular flexibility index (Phi) is 1.42. The van der Waals surface area contributed by atoms with E-state index in [1.165, 1.54) is 0 Å². The highest BCUT2D eigenvalue weighted by atomic mass is 32.2. The number of hydrogen-bond acceptors (Lipinski definition) is 6. The van der Waals surface area contributed by atoms with Crippen LogP contribution in [0.15, 0.2) is 10.2 Å². The molecule has 0 aliphatic carbocycles. The van der Waals surface area contributed by atoms with Crippen LogP contribution in [0.25, 0.3) is 0 Å². The minimum Gasteiger partial charge on any atom is -0.381 e. The Morgan fingerprint density at radius 1 is 1.10 bits per heavy atom. The molecule has 1 aliphatic rings. The molecule has 54 valence electrons. The minimum atomic E-state index is -2.45. The SMILES string of the molecule is NC1=NN=C(N)C1=S(=O)=O. The highest BCUT2D eigenvalue weighted by molar-refractivity contribution is 7.77. The molecule has 10 heavy (non-hydrogen) atoms. The number of hydrogen-bond donors (Lipinski definition) is 2. The second kappa shape index (κ2) is 2.10. The molecule has 0 spiro atoms. The van der Waals surface area contributed by atoms with Crippen LogP contribution in [-0.2, 0) is 10.3 Å². The first-order chi connectivity index (χ1) is 4.63. The van der Waals surface area contributed by atoms with Crippen molar-refractivity contribution in [3.05, 3.63) is 0 Å². The van der Waals surface area contributed by atoms with Gasteiger partial charge in [0.2, 0.25) is 10.3 Å². The summed E-state index contributed by atoms with van der Waals surface area (Å²) in [7, 11) is -2.45. The lowest BCUT2D eigenvalue weighted by molar-refractivity contribution is 0.627. The number of amidine groups is 2. The third-order valence-corrected chi connectivity index (χ3v) is 1.65. The van der Waals surface area contributed by atoms with Gasteiger partial charge in [-0.25, -0.2) is 0 Å². The van der Waals surface area contributed by atoms with E-state index in [0.717, 1.165) is 0 Å². The molecule has 0 bridgehead atoms. The summed E-state index contributed by atoms with van der Waals surface area (Å²) in [6.07, 6.45) is 0. The van der Waals surface area contributed by atoms with Crippen molar-refractivity contribution >= 4 is 26.8 Å². The lowest BCUT2D eigenvalue weighted by atomic mass is 10.4. The highest BCUT2D eigenvalue weighted by Gasteiger charge is 2.17. The molecule has 0 aromatic heterocycles. The van der Waals surface area contributed by atoms with Crippen LogP contribution in [0.5, 0.6) is 0 Å². The topological polar surface area (TPSA) is 111 Å². The molecule has 1 heterocycles. The number of nitrogens with zero attached hydrogens (tertiary/aromatic N) is 2. The van der Waals surface area contributed by atoms with E-state index >= 15 is 0 Å². The third kappa shape index (κ3) is 0.860. The molecule has 0 unspecified atom stereocenters. The summed E-state index contributed by atoms with van der Waals surface area (Å²) in [6, 6.07) is 0. The lowest BCUT2D eigenvalue weighted by Crippen LogP contribution is -2.32. The Bertz CT molecular complexity index is 321. The van der Waals surface area contributed by atoms with E-state index in [1.807, 2.05) is 0 Å². The van der Waals surface area contributed by atoms with Crippen molar-refractivity contribution in [1.82, 2.24) is 0 Å². The van der Waals surface area contributed by atoms with Crippen LogP contribution in [0.2, 0.25) is 0 Å². The average molecular weight is 160 g/mol. The summed E-state index contributed by atoms with van der Waals surface area (Å²) in [4.78, 5) is -0.222. The van der Waals surface area contributed by atoms with Crippen molar-refractivity contribution in [1.29, 1.82) is 0 Å². The maximum Gasteiger partial charge on any atom is 0.229 e. The molecule has 0 saturated heterocycles. The zero-order valence-corrected chi connectivity index (χ0v) is 5.59. The summed E-state index contributed by atoms with van der Waals surface area (Å²) in [5, 5.41) is 6.49. The molecular formula is C3H4N4O2S. The van der Waals surface area contributed by atoms with Gasteiger partial charge in [-0.15, -0.1) is 10.2 Å². The zero-order chi connectivity index (χ0) is 7.72. The predicted octanol–water partition coefficient (Wildman–Crippen LogP) is -2.32. The molecule has 0 saturated carbocycles. The Morgan fingerprint density at radius 3 is 1.70 bits per heavy atom. The van der Waals surface area contributed by atoms with Crippen molar-refractivity contribution in [3.63, 3.8) is 0 Å². The van der Waals surface area contributed by atoms with E-state index in [1.54, 1.807) is 0 Å². The Morgan fingerprint density at radius 2 is 1.50 bits per heavy atom. The van der Waals surface area contributed by atoms with Crippen LogP contribution in [0.1, 0.15) is 0 Å². The monoisotopic (exact) mass is 160 g/mol. The molecule has 0 atom stereocenters. The van der Waals surface area contributed by atoms with Gasteiger partial charge in [0.25, 0.3) is 0 Å². The van der Waals surface area contributed by atoms with Crippen molar-refractivity contribution in [3.8, 4) is 0 Å². The first kappa shape index (κ1) is 6.75. The fourth-order valence-electron chi connectivity index (χ4n) is 0.501. The molecular weight excluding hydrogens is 156 g/mol. The van der Waals surface area contributed by atoms with E-state index < -0.39 is 10.3 Å². The van der Waals surface area contributed by atoms with Gasteiger partial charge in [0.15, 0.2) is 16.5 Å². The van der Waals surface area contributed by atoms with Crippen molar-refractivity contribution in [2.24, 2.45) is 21.7 Å². The normalized spacial score (nSPS) is 16.6. The summed E-state index contributed by atoms with van der Waals surface area (Å²) < 4.78 is 20.5. The number of rotatable bonds is 0. The van der Waals surface area contributed by atoms with Gasteiger partial charge in [0, 0.05) is 0 Å². The van der Waals surface area contributed by atoms with Gasteiger partial charge >= 0.3 is 0 Å². The van der Waals surface area contributed by atoms with Gasteiger partial charge < -0.3 is 11.5 Å². The summed E-state index contributed by atoms with van der Waals surface area (Å²) in [5.74, 6) is -0.323. The van der Waals surface area contributed by atoms with Gasteiger partial charge in [-0.3, -0.25) is 0 Å². The first-order valence-corrected chi connectivity index (χ1v) is 3.34. The largest absolute Gasteiger partial charge is 0.381 e. The van der Waals surface area contributed by atoms with Gasteiger partial charge in [-0.05, 0) is 0 Å². The predicted molar refractivity (Wildman–Crippen MR) is 37.2 cm³/mol. The fourth-order valence-corrected chi connectivity index (χ4v) is 0.924. The van der Waals surface area contributed by atoms with Crippen LogP contribution in [0, 0.1) is 0 Å². The van der Waals surface area contributed by atoms with Crippen molar-refractivity contribution in [2.45, 2.75) is 0 Å². The minimum absolute atomic E-state index is 0.161. The maximum atomic E-state index is 10.3.